The second-order valence-corrected chi connectivity index (χ2v) is 4.25. The lowest BCUT2D eigenvalue weighted by atomic mass is 10.2. The molecule has 0 fully saturated rings. The highest BCUT2D eigenvalue weighted by atomic mass is 35.5. The molecular weight excluding hydrogens is 238 g/mol. The third-order valence-corrected chi connectivity index (χ3v) is 2.79. The predicted octanol–water partition coefficient (Wildman–Crippen LogP) is 3.35. The third-order valence-electron chi connectivity index (χ3n) is 2.46. The molecule has 0 aliphatic carbocycles. The average Bonchev–Trinajstić information content (AvgIpc) is 2.74. The molecule has 0 atom stereocenters. The molecule has 0 bridgehead atoms. The summed E-state index contributed by atoms with van der Waals surface area (Å²) < 4.78 is 5.45. The smallest absolute Gasteiger partial charge is 0.123 e. The van der Waals surface area contributed by atoms with E-state index in [1.807, 2.05) is 25.1 Å². The van der Waals surface area contributed by atoms with Crippen LogP contribution in [-0.2, 0) is 13.2 Å². The quantitative estimate of drug-likeness (QED) is 0.876. The Labute approximate surface area is 105 Å². The van der Waals surface area contributed by atoms with Gasteiger partial charge in [-0.1, -0.05) is 17.7 Å². The number of anilines is 1. The van der Waals surface area contributed by atoms with Gasteiger partial charge in [-0.25, -0.2) is 0 Å². The zero-order chi connectivity index (χ0) is 12.3. The molecule has 2 aromatic rings. The summed E-state index contributed by atoms with van der Waals surface area (Å²) in [6.45, 7) is 2.48. The first-order chi connectivity index (χ1) is 8.19. The van der Waals surface area contributed by atoms with Crippen LogP contribution >= 0.6 is 11.6 Å². The van der Waals surface area contributed by atoms with E-state index in [1.165, 1.54) is 0 Å². The van der Waals surface area contributed by atoms with Crippen LogP contribution in [0.15, 0.2) is 34.7 Å². The number of furan rings is 1. The van der Waals surface area contributed by atoms with Gasteiger partial charge in [0, 0.05) is 0 Å². The zero-order valence-corrected chi connectivity index (χ0v) is 10.3. The van der Waals surface area contributed by atoms with E-state index in [4.69, 9.17) is 21.1 Å². The Morgan fingerprint density at radius 2 is 2.12 bits per heavy atom. The van der Waals surface area contributed by atoms with E-state index in [2.05, 4.69) is 5.32 Å². The largest absolute Gasteiger partial charge is 0.465 e. The van der Waals surface area contributed by atoms with Crippen molar-refractivity contribution in [1.82, 2.24) is 0 Å². The Kier molecular flexibility index (Phi) is 3.71. The maximum Gasteiger partial charge on any atom is 0.123 e. The van der Waals surface area contributed by atoms with Crippen molar-refractivity contribution in [2.75, 3.05) is 5.32 Å². The number of aryl methyl sites for hydroxylation is 1. The number of nitrogens with one attached hydrogen (secondary N) is 1. The molecule has 17 heavy (non-hydrogen) atoms. The van der Waals surface area contributed by atoms with Crippen LogP contribution in [0.2, 0.25) is 5.02 Å². The van der Waals surface area contributed by atoms with Crippen LogP contribution in [0.5, 0.6) is 0 Å². The Morgan fingerprint density at radius 3 is 2.76 bits per heavy atom. The topological polar surface area (TPSA) is 45.4 Å². The van der Waals surface area contributed by atoms with Crippen molar-refractivity contribution in [3.63, 3.8) is 0 Å². The van der Waals surface area contributed by atoms with E-state index in [9.17, 15) is 0 Å². The SMILES string of the molecule is Cc1ccc(CNc2cc(CO)ccc2Cl)o1. The number of aliphatic hydroxyl groups excluding tert-OH is 1. The fourth-order valence-electron chi connectivity index (χ4n) is 1.57. The lowest BCUT2D eigenvalue weighted by Gasteiger charge is -2.08. The molecule has 1 aromatic heterocycles. The van der Waals surface area contributed by atoms with Gasteiger partial charge in [0.1, 0.15) is 11.5 Å². The van der Waals surface area contributed by atoms with Gasteiger partial charge in [-0.15, -0.1) is 0 Å². The van der Waals surface area contributed by atoms with Gasteiger partial charge in [0.25, 0.3) is 0 Å². The Balaban J connectivity index is 2.07. The van der Waals surface area contributed by atoms with E-state index < -0.39 is 0 Å². The highest BCUT2D eigenvalue weighted by Gasteiger charge is 2.03. The number of hydrogen-bond donors (Lipinski definition) is 2. The summed E-state index contributed by atoms with van der Waals surface area (Å²) in [6.07, 6.45) is 0. The molecule has 0 saturated carbocycles. The molecule has 4 heteroatoms. The Morgan fingerprint density at radius 1 is 1.29 bits per heavy atom. The highest BCUT2D eigenvalue weighted by Crippen LogP contribution is 2.23. The van der Waals surface area contributed by atoms with Crippen LogP contribution in [0.3, 0.4) is 0 Å². The van der Waals surface area contributed by atoms with E-state index >= 15 is 0 Å². The van der Waals surface area contributed by atoms with Crippen LogP contribution in [0, 0.1) is 6.92 Å². The fraction of sp³-hybridized carbons (Fsp3) is 0.231. The third kappa shape index (κ3) is 3.02. The standard InChI is InChI=1S/C13H14ClNO2/c1-9-2-4-11(17-9)7-15-13-6-10(8-16)3-5-12(13)14/h2-6,15-16H,7-8H2,1H3. The maximum absolute atomic E-state index is 9.05. The first-order valence-electron chi connectivity index (χ1n) is 5.37. The van der Waals surface area contributed by atoms with E-state index in [-0.39, 0.29) is 6.61 Å². The molecule has 0 unspecified atom stereocenters. The van der Waals surface area contributed by atoms with Gasteiger partial charge in [0.05, 0.1) is 23.9 Å². The maximum atomic E-state index is 9.05. The predicted molar refractivity (Wildman–Crippen MR) is 68.1 cm³/mol. The van der Waals surface area contributed by atoms with Gasteiger partial charge in [-0.2, -0.15) is 0 Å². The van der Waals surface area contributed by atoms with E-state index in [1.54, 1.807) is 12.1 Å². The molecule has 0 spiro atoms. The van der Waals surface area contributed by atoms with E-state index in [0.29, 0.717) is 11.6 Å². The number of halogens is 1. The van der Waals surface area contributed by atoms with Crippen molar-refractivity contribution < 1.29 is 9.52 Å². The number of rotatable bonds is 4. The van der Waals surface area contributed by atoms with Crippen molar-refractivity contribution in [3.05, 3.63) is 52.4 Å². The molecular formula is C13H14ClNO2. The summed E-state index contributed by atoms with van der Waals surface area (Å²) >= 11 is 6.05. The first-order valence-corrected chi connectivity index (χ1v) is 5.75. The van der Waals surface area contributed by atoms with Crippen molar-refractivity contribution in [3.8, 4) is 0 Å². The van der Waals surface area contributed by atoms with Crippen LogP contribution in [0.25, 0.3) is 0 Å². The normalized spacial score (nSPS) is 10.5. The number of hydrogen-bond acceptors (Lipinski definition) is 3. The summed E-state index contributed by atoms with van der Waals surface area (Å²) in [4.78, 5) is 0. The molecule has 2 N–H and O–H groups in total. The summed E-state index contributed by atoms with van der Waals surface area (Å²) in [5, 5.41) is 12.9. The summed E-state index contributed by atoms with van der Waals surface area (Å²) in [7, 11) is 0. The van der Waals surface area contributed by atoms with Crippen LogP contribution in [0.4, 0.5) is 5.69 Å². The summed E-state index contributed by atoms with van der Waals surface area (Å²) in [5.41, 5.74) is 1.62. The lowest BCUT2D eigenvalue weighted by Crippen LogP contribution is -1.99. The number of aliphatic hydroxyl groups is 1. The average molecular weight is 252 g/mol. The molecule has 90 valence electrons. The van der Waals surface area contributed by atoms with Crippen LogP contribution in [-0.4, -0.2) is 5.11 Å². The fourth-order valence-corrected chi connectivity index (χ4v) is 1.75. The highest BCUT2D eigenvalue weighted by molar-refractivity contribution is 6.33. The van der Waals surface area contributed by atoms with Crippen molar-refractivity contribution >= 4 is 17.3 Å². The molecule has 0 aliphatic heterocycles. The number of benzene rings is 1. The van der Waals surface area contributed by atoms with Gasteiger partial charge in [0.15, 0.2) is 0 Å². The molecule has 1 heterocycles. The van der Waals surface area contributed by atoms with E-state index in [0.717, 1.165) is 22.8 Å². The van der Waals surface area contributed by atoms with Gasteiger partial charge < -0.3 is 14.8 Å². The molecule has 3 nitrogen and oxygen atoms in total. The van der Waals surface area contributed by atoms with Crippen LogP contribution in [0.1, 0.15) is 17.1 Å². The summed E-state index contributed by atoms with van der Waals surface area (Å²) in [6, 6.07) is 9.24. The molecule has 0 amide bonds. The lowest BCUT2D eigenvalue weighted by molar-refractivity contribution is 0.282. The molecule has 0 aliphatic rings. The minimum absolute atomic E-state index is 0.00566. The molecule has 1 aromatic carbocycles. The minimum atomic E-state index is 0.00566. The zero-order valence-electron chi connectivity index (χ0n) is 9.53. The molecule has 2 rings (SSSR count). The van der Waals surface area contributed by atoms with Gasteiger partial charge in [-0.3, -0.25) is 0 Å². The Bertz CT molecular complexity index is 508. The molecule has 0 radical (unpaired) electrons. The van der Waals surface area contributed by atoms with Gasteiger partial charge in [0.2, 0.25) is 0 Å². The minimum Gasteiger partial charge on any atom is -0.465 e. The van der Waals surface area contributed by atoms with Crippen LogP contribution < -0.4 is 5.32 Å². The Hall–Kier alpha value is -1.45. The monoisotopic (exact) mass is 251 g/mol. The van der Waals surface area contributed by atoms with Crippen molar-refractivity contribution in [2.45, 2.75) is 20.1 Å². The second-order valence-electron chi connectivity index (χ2n) is 3.84. The second kappa shape index (κ2) is 5.25. The van der Waals surface area contributed by atoms with Crippen molar-refractivity contribution in [1.29, 1.82) is 0 Å². The summed E-state index contributed by atoms with van der Waals surface area (Å²) in [5.74, 6) is 1.74. The van der Waals surface area contributed by atoms with Crippen molar-refractivity contribution in [2.24, 2.45) is 0 Å². The van der Waals surface area contributed by atoms with Gasteiger partial charge >= 0.3 is 0 Å². The first kappa shape index (κ1) is 12.0. The van der Waals surface area contributed by atoms with Gasteiger partial charge in [-0.05, 0) is 36.8 Å². The molecule has 0 saturated heterocycles.